The molecule has 4 amide bonds. The van der Waals surface area contributed by atoms with E-state index in [1.807, 2.05) is 61.7 Å². The SMILES string of the molecule is CC(C)(C)[C@@H](CS(=O)(=O)N1CCN(C(=O)CCCCCCCCCC(=O)N2CCN(C(=O)c3ccc(Nc4nc(C5CC5)cn5c(-c6cn[nH]c6)cnc45)c(F)c3)CC2)CC1)N1C(=O)[C@@](C)(CC(=O)O)C[C@H](c2cccc(Cl)c2)[C@H]1c1ccc(Cl)cc1. The number of fused-ring (bicyclic) bond motifs is 1. The molecule has 3 saturated heterocycles. The lowest BCUT2D eigenvalue weighted by atomic mass is 9.66. The number of amides is 4. The van der Waals surface area contributed by atoms with E-state index in [1.165, 1.54) is 10.4 Å². The van der Waals surface area contributed by atoms with Gasteiger partial charge in [0.2, 0.25) is 27.7 Å². The molecule has 0 bridgehead atoms. The number of benzene rings is 3. The number of aliphatic carboxylic acids is 1. The molecule has 3 aromatic heterocycles. The van der Waals surface area contributed by atoms with Crippen molar-refractivity contribution in [2.45, 2.75) is 135 Å². The molecular weight excluding hydrogens is 1170 g/mol. The van der Waals surface area contributed by atoms with Crippen LogP contribution in [0.5, 0.6) is 0 Å². The van der Waals surface area contributed by atoms with Crippen LogP contribution in [0.25, 0.3) is 16.9 Å². The zero-order valence-corrected chi connectivity index (χ0v) is 52.2. The number of hydrogen-bond acceptors (Lipinski definition) is 11. The van der Waals surface area contributed by atoms with E-state index in [0.29, 0.717) is 72.9 Å². The number of carboxylic acids is 1. The lowest BCUT2D eigenvalue weighted by molar-refractivity contribution is -0.162. The molecule has 464 valence electrons. The summed E-state index contributed by atoms with van der Waals surface area (Å²) in [6.07, 6.45) is 15.9. The average molecular weight is 1250 g/mol. The third kappa shape index (κ3) is 14.8. The summed E-state index contributed by atoms with van der Waals surface area (Å²) in [4.78, 5) is 83.9. The number of likely N-dealkylation sites (tertiary alicyclic amines) is 1. The van der Waals surface area contributed by atoms with E-state index in [0.717, 1.165) is 79.4 Å². The van der Waals surface area contributed by atoms with Crippen LogP contribution >= 0.6 is 23.2 Å². The average Bonchev–Trinajstić information content (AvgIpc) is 1.21. The molecule has 1 aliphatic carbocycles. The number of hydrogen-bond donors (Lipinski definition) is 3. The zero-order chi connectivity index (χ0) is 61.8. The number of nitrogens with zero attached hydrogens (tertiary/aromatic N) is 9. The van der Waals surface area contributed by atoms with Crippen LogP contribution < -0.4 is 5.32 Å². The van der Waals surface area contributed by atoms with Crippen molar-refractivity contribution in [2.75, 3.05) is 63.4 Å². The summed E-state index contributed by atoms with van der Waals surface area (Å²) in [5.74, 6) is -2.53. The summed E-state index contributed by atoms with van der Waals surface area (Å²) in [5.41, 5.74) is 2.89. The minimum atomic E-state index is -4.03. The molecule has 3 aromatic carbocycles. The van der Waals surface area contributed by atoms with E-state index in [-0.39, 0.29) is 61.6 Å². The van der Waals surface area contributed by atoms with Crippen molar-refractivity contribution in [3.63, 3.8) is 0 Å². The van der Waals surface area contributed by atoms with Crippen molar-refractivity contribution in [3.8, 4) is 11.3 Å². The van der Waals surface area contributed by atoms with E-state index in [1.54, 1.807) is 75.4 Å². The number of carboxylic acid groups (broad SMARTS) is 1. The maximum atomic E-state index is 15.7. The van der Waals surface area contributed by atoms with Gasteiger partial charge in [0.1, 0.15) is 5.82 Å². The van der Waals surface area contributed by atoms with Gasteiger partial charge < -0.3 is 30.0 Å². The highest BCUT2D eigenvalue weighted by Crippen LogP contribution is 2.54. The highest BCUT2D eigenvalue weighted by atomic mass is 35.5. The van der Waals surface area contributed by atoms with Crippen LogP contribution in [0.1, 0.15) is 156 Å². The summed E-state index contributed by atoms with van der Waals surface area (Å²) >= 11 is 12.9. The quantitative estimate of drug-likeness (QED) is 0.0509. The number of piperidine rings is 1. The summed E-state index contributed by atoms with van der Waals surface area (Å²) in [6.45, 7) is 9.55. The van der Waals surface area contributed by atoms with Crippen LogP contribution in [0.3, 0.4) is 0 Å². The van der Waals surface area contributed by atoms with Gasteiger partial charge in [-0.25, -0.2) is 22.8 Å². The molecule has 0 unspecified atom stereocenters. The number of aromatic nitrogens is 5. The second-order valence-corrected chi connectivity index (χ2v) is 28.1. The Labute approximate surface area is 518 Å². The molecule has 1 saturated carbocycles. The first-order valence-electron chi connectivity index (χ1n) is 30.4. The van der Waals surface area contributed by atoms with Gasteiger partial charge in [0.15, 0.2) is 11.5 Å². The number of rotatable bonds is 23. The number of aromatic amines is 1. The van der Waals surface area contributed by atoms with Gasteiger partial charge in [-0.15, -0.1) is 0 Å². The predicted octanol–water partition coefficient (Wildman–Crippen LogP) is 11.1. The Balaban J connectivity index is 0.636. The van der Waals surface area contributed by atoms with E-state index in [9.17, 15) is 32.7 Å². The predicted molar refractivity (Wildman–Crippen MR) is 332 cm³/mol. The summed E-state index contributed by atoms with van der Waals surface area (Å²) in [5, 5.41) is 21.2. The van der Waals surface area contributed by atoms with Crippen molar-refractivity contribution < 1.29 is 41.9 Å². The Kier molecular flexibility index (Phi) is 19.4. The van der Waals surface area contributed by atoms with E-state index >= 15 is 9.18 Å². The first kappa shape index (κ1) is 63.1. The molecule has 3 aliphatic heterocycles. The first-order valence-corrected chi connectivity index (χ1v) is 32.8. The van der Waals surface area contributed by atoms with Gasteiger partial charge in [-0.05, 0) is 91.1 Å². The van der Waals surface area contributed by atoms with Crippen LogP contribution in [-0.4, -0.2) is 156 Å². The van der Waals surface area contributed by atoms with Gasteiger partial charge in [0.25, 0.3) is 5.91 Å². The van der Waals surface area contributed by atoms with Crippen molar-refractivity contribution in [1.29, 1.82) is 0 Å². The van der Waals surface area contributed by atoms with Gasteiger partial charge in [0, 0.05) is 111 Å². The molecule has 6 heterocycles. The molecule has 10 rings (SSSR count). The number of piperazine rings is 2. The van der Waals surface area contributed by atoms with Gasteiger partial charge in [-0.2, -0.15) is 9.40 Å². The highest BCUT2D eigenvalue weighted by molar-refractivity contribution is 7.89. The maximum Gasteiger partial charge on any atom is 0.304 e. The van der Waals surface area contributed by atoms with Crippen molar-refractivity contribution in [2.24, 2.45) is 10.8 Å². The summed E-state index contributed by atoms with van der Waals surface area (Å²) in [6, 6.07) is 17.2. The third-order valence-electron chi connectivity index (χ3n) is 17.8. The molecule has 4 atom stereocenters. The molecule has 0 radical (unpaired) electrons. The molecule has 0 spiro atoms. The topological polar surface area (TPSA) is 227 Å². The summed E-state index contributed by atoms with van der Waals surface area (Å²) in [7, 11) is -4.03. The summed E-state index contributed by atoms with van der Waals surface area (Å²) < 4.78 is 48.3. The minimum Gasteiger partial charge on any atom is -0.481 e. The molecule has 4 fully saturated rings. The van der Waals surface area contributed by atoms with Crippen molar-refractivity contribution in [1.82, 2.24) is 48.5 Å². The van der Waals surface area contributed by atoms with E-state index < -0.39 is 68.7 Å². The molecule has 6 aromatic rings. The Hall–Kier alpha value is -6.94. The number of carbonyl (C=O) groups excluding carboxylic acids is 4. The van der Waals surface area contributed by atoms with Gasteiger partial charge in [-0.1, -0.05) is 107 Å². The van der Waals surface area contributed by atoms with Gasteiger partial charge >= 0.3 is 5.97 Å². The van der Waals surface area contributed by atoms with Crippen LogP contribution in [0.2, 0.25) is 10.0 Å². The Morgan fingerprint density at radius 2 is 1.44 bits per heavy atom. The lowest BCUT2D eigenvalue weighted by Gasteiger charge is -2.54. The fourth-order valence-corrected chi connectivity index (χ4v) is 15.0. The largest absolute Gasteiger partial charge is 0.481 e. The molecule has 23 heteroatoms. The first-order chi connectivity index (χ1) is 41.6. The molecule has 3 N–H and O–H groups in total. The Morgan fingerprint density at radius 3 is 2.02 bits per heavy atom. The molecular formula is C64H78Cl2FN11O8S. The Bertz CT molecular complexity index is 3580. The number of halogens is 3. The number of carbonyl (C=O) groups is 5. The van der Waals surface area contributed by atoms with Crippen LogP contribution in [0.4, 0.5) is 15.9 Å². The lowest BCUT2D eigenvalue weighted by Crippen LogP contribution is -2.61. The van der Waals surface area contributed by atoms with Crippen LogP contribution in [-0.2, 0) is 29.2 Å². The van der Waals surface area contributed by atoms with E-state index in [4.69, 9.17) is 28.2 Å². The maximum absolute atomic E-state index is 15.7. The monoisotopic (exact) mass is 1250 g/mol. The van der Waals surface area contributed by atoms with Crippen LogP contribution in [0, 0.1) is 16.6 Å². The molecule has 19 nitrogen and oxygen atoms in total. The third-order valence-corrected chi connectivity index (χ3v) is 20.2. The zero-order valence-electron chi connectivity index (χ0n) is 49.9. The van der Waals surface area contributed by atoms with Gasteiger partial charge in [-0.3, -0.25) is 33.5 Å². The second kappa shape index (κ2) is 26.8. The standard InChI is InChI=1S/C64H78Cl2FN11O8S/c1-63(2,3)54(78-58(43-19-22-47(65)23-20-43)49(44-13-12-14-48(66)33-44)35-64(4,62(78)84)36-57(81)82)41-87(85,86)76-31-29-74(30-32-76)56(80)16-11-9-7-5-6-8-10-15-55(79)73-25-27-75(28-26-73)61(83)45-21-24-51(50(67)34-45)71-59-60-68-39-53(46-37-69-70-38-46)77(60)40-52(72-59)42-17-18-42/h12-14,19-24,33-34,37-40,42,49,54,58H,5-11,15-18,25-32,35-36,41H2,1-4H3,(H,69,70)(H,71,72)(H,81,82)/t49-,54-,58-,64-/m1/s1. The fraction of sp³-hybridized carbons (Fsp3) is 0.500. The van der Waals surface area contributed by atoms with E-state index in [2.05, 4.69) is 20.5 Å². The van der Waals surface area contributed by atoms with Crippen molar-refractivity contribution >= 4 is 80.0 Å². The number of sulfonamides is 1. The molecule has 4 aliphatic rings. The normalized spacial score (nSPS) is 20.1. The number of imidazole rings is 1. The smallest absolute Gasteiger partial charge is 0.304 e. The number of H-pyrrole nitrogens is 1. The van der Waals surface area contributed by atoms with Gasteiger partial charge in [0.05, 0.1) is 59.1 Å². The Morgan fingerprint density at radius 1 is 0.805 bits per heavy atom. The van der Waals surface area contributed by atoms with Crippen molar-refractivity contribution in [3.05, 3.63) is 130 Å². The fourth-order valence-electron chi connectivity index (χ4n) is 12.7. The number of unbranched alkanes of at least 4 members (excludes halogenated alkanes) is 6. The van der Waals surface area contributed by atoms with Crippen LogP contribution in [0.15, 0.2) is 91.5 Å². The highest BCUT2D eigenvalue weighted by Gasteiger charge is 2.55. The second-order valence-electron chi connectivity index (χ2n) is 25.2. The molecule has 87 heavy (non-hydrogen) atoms. The minimum absolute atomic E-state index is 0.0178. The number of anilines is 2. The number of nitrogens with one attached hydrogen (secondary N) is 2.